The standard InChI is InChI=1S/C14H14BrN3O4/c1-21-12-3-2-8-9(17-12)5-11(13(15)18-8)22-7-4-10(14(19)20)16-6-7/h2-3,5,7,10,16H,4,6H2,1H3,(H,19,20)/t7-,10+/m1/s1. The van der Waals surface area contributed by atoms with Gasteiger partial charge in [-0.05, 0) is 22.0 Å². The monoisotopic (exact) mass is 367 g/mol. The maximum absolute atomic E-state index is 10.9. The number of halogens is 1. The molecule has 0 spiro atoms. The van der Waals surface area contributed by atoms with Crippen molar-refractivity contribution in [3.63, 3.8) is 0 Å². The molecule has 116 valence electrons. The molecule has 0 aromatic carbocycles. The van der Waals surface area contributed by atoms with Crippen molar-refractivity contribution in [2.45, 2.75) is 18.6 Å². The third-order valence-electron chi connectivity index (χ3n) is 3.46. The van der Waals surface area contributed by atoms with Gasteiger partial charge >= 0.3 is 5.97 Å². The number of carboxylic acid groups (broad SMARTS) is 1. The van der Waals surface area contributed by atoms with Crippen LogP contribution in [0.4, 0.5) is 0 Å². The fraction of sp³-hybridized carbons (Fsp3) is 0.357. The topological polar surface area (TPSA) is 93.6 Å². The molecule has 0 aliphatic carbocycles. The third kappa shape index (κ3) is 2.97. The lowest BCUT2D eigenvalue weighted by Gasteiger charge is -2.14. The lowest BCUT2D eigenvalue weighted by Crippen LogP contribution is -2.30. The third-order valence-corrected chi connectivity index (χ3v) is 4.03. The maximum atomic E-state index is 10.9. The SMILES string of the molecule is COc1ccc2nc(Br)c(O[C@H]3CN[C@H](C(=O)O)C3)cc2n1. The highest BCUT2D eigenvalue weighted by Crippen LogP contribution is 2.29. The van der Waals surface area contributed by atoms with Gasteiger partial charge in [0.25, 0.3) is 0 Å². The molecule has 2 aromatic heterocycles. The van der Waals surface area contributed by atoms with Crippen LogP contribution in [-0.2, 0) is 4.79 Å². The van der Waals surface area contributed by atoms with Crippen LogP contribution in [0.2, 0.25) is 0 Å². The van der Waals surface area contributed by atoms with Gasteiger partial charge in [-0.25, -0.2) is 9.97 Å². The number of aromatic nitrogens is 2. The van der Waals surface area contributed by atoms with Gasteiger partial charge in [0.15, 0.2) is 5.75 Å². The maximum Gasteiger partial charge on any atom is 0.320 e. The minimum Gasteiger partial charge on any atom is -0.486 e. The first-order valence-electron chi connectivity index (χ1n) is 6.71. The molecule has 1 aliphatic heterocycles. The van der Waals surface area contributed by atoms with Gasteiger partial charge < -0.3 is 19.9 Å². The summed E-state index contributed by atoms with van der Waals surface area (Å²) in [7, 11) is 1.55. The van der Waals surface area contributed by atoms with E-state index in [2.05, 4.69) is 31.2 Å². The van der Waals surface area contributed by atoms with Gasteiger partial charge in [0.1, 0.15) is 16.7 Å². The number of rotatable bonds is 4. The van der Waals surface area contributed by atoms with Gasteiger partial charge in [0.05, 0.1) is 18.1 Å². The Morgan fingerprint density at radius 3 is 2.91 bits per heavy atom. The zero-order valence-corrected chi connectivity index (χ0v) is 13.3. The summed E-state index contributed by atoms with van der Waals surface area (Å²) in [5.41, 5.74) is 1.37. The molecule has 7 nitrogen and oxygen atoms in total. The number of ether oxygens (including phenoxy) is 2. The van der Waals surface area contributed by atoms with E-state index in [0.29, 0.717) is 40.2 Å². The van der Waals surface area contributed by atoms with Crippen LogP contribution in [0.3, 0.4) is 0 Å². The number of methoxy groups -OCH3 is 1. The van der Waals surface area contributed by atoms with E-state index in [-0.39, 0.29) is 6.10 Å². The molecule has 0 radical (unpaired) electrons. The van der Waals surface area contributed by atoms with E-state index in [1.165, 1.54) is 0 Å². The van der Waals surface area contributed by atoms with Gasteiger partial charge in [-0.15, -0.1) is 0 Å². The first-order valence-corrected chi connectivity index (χ1v) is 7.50. The first-order chi connectivity index (χ1) is 10.6. The van der Waals surface area contributed by atoms with E-state index in [1.54, 1.807) is 19.2 Å². The lowest BCUT2D eigenvalue weighted by atomic mass is 10.2. The summed E-state index contributed by atoms with van der Waals surface area (Å²) in [6, 6.07) is 4.74. The number of hydrogen-bond donors (Lipinski definition) is 2. The molecule has 22 heavy (non-hydrogen) atoms. The van der Waals surface area contributed by atoms with Gasteiger partial charge in [-0.2, -0.15) is 0 Å². The number of fused-ring (bicyclic) bond motifs is 1. The Balaban J connectivity index is 1.84. The van der Waals surface area contributed by atoms with Crippen molar-refractivity contribution in [1.29, 1.82) is 0 Å². The number of nitrogens with zero attached hydrogens (tertiary/aromatic N) is 2. The van der Waals surface area contributed by atoms with Crippen molar-refractivity contribution >= 4 is 32.9 Å². The second-order valence-electron chi connectivity index (χ2n) is 4.94. The largest absolute Gasteiger partial charge is 0.486 e. The summed E-state index contributed by atoms with van der Waals surface area (Å²) in [5.74, 6) is 0.162. The molecule has 1 saturated heterocycles. The quantitative estimate of drug-likeness (QED) is 0.792. The fourth-order valence-corrected chi connectivity index (χ4v) is 2.75. The van der Waals surface area contributed by atoms with Gasteiger partial charge in [-0.3, -0.25) is 4.79 Å². The van der Waals surface area contributed by atoms with E-state index in [1.807, 2.05) is 6.07 Å². The summed E-state index contributed by atoms with van der Waals surface area (Å²) in [4.78, 5) is 19.7. The van der Waals surface area contributed by atoms with E-state index in [9.17, 15) is 4.79 Å². The van der Waals surface area contributed by atoms with Gasteiger partial charge in [0.2, 0.25) is 5.88 Å². The molecule has 3 heterocycles. The van der Waals surface area contributed by atoms with Crippen LogP contribution < -0.4 is 14.8 Å². The highest BCUT2D eigenvalue weighted by atomic mass is 79.9. The molecule has 1 aliphatic rings. The average molecular weight is 368 g/mol. The van der Waals surface area contributed by atoms with Crippen LogP contribution in [0.5, 0.6) is 11.6 Å². The second kappa shape index (κ2) is 6.05. The molecule has 0 unspecified atom stereocenters. The molecular formula is C14H14BrN3O4. The number of aliphatic carboxylic acids is 1. The number of carbonyl (C=O) groups is 1. The van der Waals surface area contributed by atoms with E-state index < -0.39 is 12.0 Å². The van der Waals surface area contributed by atoms with Crippen LogP contribution >= 0.6 is 15.9 Å². The predicted molar refractivity (Wildman–Crippen MR) is 82.2 cm³/mol. The summed E-state index contributed by atoms with van der Waals surface area (Å²) in [5, 5.41) is 11.9. The molecule has 0 amide bonds. The van der Waals surface area contributed by atoms with Crippen molar-refractivity contribution in [3.05, 3.63) is 22.8 Å². The van der Waals surface area contributed by atoms with Crippen LogP contribution in [0.1, 0.15) is 6.42 Å². The van der Waals surface area contributed by atoms with Crippen molar-refractivity contribution < 1.29 is 19.4 Å². The molecule has 3 rings (SSSR count). The fourth-order valence-electron chi connectivity index (χ4n) is 2.35. The molecule has 8 heteroatoms. The average Bonchev–Trinajstić information content (AvgIpc) is 2.96. The predicted octanol–water partition coefficient (Wildman–Crippen LogP) is 1.59. The summed E-state index contributed by atoms with van der Waals surface area (Å²) in [6.45, 7) is 0.479. The Labute approximate surface area is 134 Å². The summed E-state index contributed by atoms with van der Waals surface area (Å²) < 4.78 is 11.5. The van der Waals surface area contributed by atoms with Crippen molar-refractivity contribution in [1.82, 2.24) is 15.3 Å². The Morgan fingerprint density at radius 2 is 2.23 bits per heavy atom. The normalized spacial score (nSPS) is 21.0. The Hall–Kier alpha value is -1.93. The van der Waals surface area contributed by atoms with Crippen LogP contribution in [0, 0.1) is 0 Å². The first kappa shape index (κ1) is 15.0. The van der Waals surface area contributed by atoms with Crippen LogP contribution in [0.25, 0.3) is 11.0 Å². The van der Waals surface area contributed by atoms with Crippen molar-refractivity contribution in [2.75, 3.05) is 13.7 Å². The number of pyridine rings is 2. The highest BCUT2D eigenvalue weighted by molar-refractivity contribution is 9.10. The lowest BCUT2D eigenvalue weighted by molar-refractivity contribution is -0.139. The summed E-state index contributed by atoms with van der Waals surface area (Å²) in [6.07, 6.45) is 0.188. The minimum absolute atomic E-state index is 0.220. The molecule has 2 N–H and O–H groups in total. The smallest absolute Gasteiger partial charge is 0.320 e. The van der Waals surface area contributed by atoms with E-state index in [0.717, 1.165) is 0 Å². The van der Waals surface area contributed by atoms with Gasteiger partial charge in [-0.1, -0.05) is 0 Å². The molecule has 2 aromatic rings. The van der Waals surface area contributed by atoms with Crippen molar-refractivity contribution in [3.8, 4) is 11.6 Å². The highest BCUT2D eigenvalue weighted by Gasteiger charge is 2.30. The Bertz CT molecular complexity index is 725. The number of nitrogens with one attached hydrogen (secondary N) is 1. The Kier molecular flexibility index (Phi) is 4.12. The van der Waals surface area contributed by atoms with Gasteiger partial charge in [0, 0.05) is 25.1 Å². The second-order valence-corrected chi connectivity index (χ2v) is 5.69. The number of hydrogen-bond acceptors (Lipinski definition) is 6. The van der Waals surface area contributed by atoms with E-state index in [4.69, 9.17) is 14.6 Å². The Morgan fingerprint density at radius 1 is 1.41 bits per heavy atom. The summed E-state index contributed by atoms with van der Waals surface area (Å²) >= 11 is 3.37. The minimum atomic E-state index is -0.867. The van der Waals surface area contributed by atoms with Crippen LogP contribution in [-0.4, -0.2) is 46.8 Å². The molecule has 1 fully saturated rings. The zero-order valence-electron chi connectivity index (χ0n) is 11.7. The molecule has 0 saturated carbocycles. The molecule has 2 atom stereocenters. The van der Waals surface area contributed by atoms with Crippen LogP contribution in [0.15, 0.2) is 22.8 Å². The molecule has 0 bridgehead atoms. The zero-order chi connectivity index (χ0) is 15.7. The van der Waals surface area contributed by atoms with E-state index >= 15 is 0 Å². The molecular weight excluding hydrogens is 354 g/mol. The van der Waals surface area contributed by atoms with Crippen molar-refractivity contribution in [2.24, 2.45) is 0 Å². The number of carboxylic acids is 1.